The van der Waals surface area contributed by atoms with Crippen molar-refractivity contribution in [2.45, 2.75) is 12.6 Å². The summed E-state index contributed by atoms with van der Waals surface area (Å²) in [5.41, 5.74) is -0.523. The normalized spacial score (nSPS) is 12.2. The van der Waals surface area contributed by atoms with E-state index in [1.165, 1.54) is 31.4 Å². The number of H-pyrrole nitrogens is 1. The summed E-state index contributed by atoms with van der Waals surface area (Å²) in [5.74, 6) is -1.64. The largest absolute Gasteiger partial charge is 0.501 e. The summed E-state index contributed by atoms with van der Waals surface area (Å²) in [5, 5.41) is 12.5. The van der Waals surface area contributed by atoms with Crippen molar-refractivity contribution in [3.8, 4) is 5.75 Å². The van der Waals surface area contributed by atoms with E-state index in [4.69, 9.17) is 4.74 Å². The topological polar surface area (TPSA) is 108 Å². The van der Waals surface area contributed by atoms with Gasteiger partial charge in [-0.3, -0.25) is 14.5 Å². The first-order valence-corrected chi connectivity index (χ1v) is 9.50. The van der Waals surface area contributed by atoms with Gasteiger partial charge < -0.3 is 20.1 Å². The number of halogens is 2. The van der Waals surface area contributed by atoms with Crippen LogP contribution in [0.4, 0.5) is 4.39 Å². The molecule has 0 saturated heterocycles. The monoisotopic (exact) mass is 490 g/mol. The Morgan fingerprint density at radius 3 is 2.70 bits per heavy atom. The SMILES string of the molecule is COCC(c1nc(C(=O)NCc2ccc(F)cc2)c(O)c(=O)[nH]1)N(C)CI. The molecule has 0 fully saturated rings. The van der Waals surface area contributed by atoms with Gasteiger partial charge in [-0.05, 0) is 24.7 Å². The van der Waals surface area contributed by atoms with Crippen LogP contribution in [-0.2, 0) is 11.3 Å². The van der Waals surface area contributed by atoms with Crippen LogP contribution in [0.2, 0.25) is 0 Å². The van der Waals surface area contributed by atoms with Crippen LogP contribution in [0, 0.1) is 5.82 Å². The number of amides is 1. The fraction of sp³-hybridized carbons (Fsp3) is 0.353. The van der Waals surface area contributed by atoms with Crippen LogP contribution in [-0.4, -0.2) is 51.2 Å². The van der Waals surface area contributed by atoms with E-state index in [1.807, 2.05) is 11.9 Å². The second-order valence-corrected chi connectivity index (χ2v) is 6.49. The molecule has 0 aliphatic rings. The lowest BCUT2D eigenvalue weighted by Crippen LogP contribution is -2.32. The number of carbonyl (C=O) groups excluding carboxylic acids is 1. The molecule has 27 heavy (non-hydrogen) atoms. The number of hydrogen-bond donors (Lipinski definition) is 3. The first kappa shape index (κ1) is 21.3. The van der Waals surface area contributed by atoms with Gasteiger partial charge >= 0.3 is 0 Å². The minimum absolute atomic E-state index is 0.0948. The van der Waals surface area contributed by atoms with Crippen molar-refractivity contribution in [3.63, 3.8) is 0 Å². The number of benzene rings is 1. The average molecular weight is 490 g/mol. The number of carbonyl (C=O) groups is 1. The van der Waals surface area contributed by atoms with Crippen LogP contribution < -0.4 is 10.9 Å². The quantitative estimate of drug-likeness (QED) is 0.295. The van der Waals surface area contributed by atoms with E-state index in [-0.39, 0.29) is 30.5 Å². The molecule has 1 atom stereocenters. The lowest BCUT2D eigenvalue weighted by molar-refractivity contribution is 0.0937. The molecule has 0 aliphatic carbocycles. The van der Waals surface area contributed by atoms with Crippen LogP contribution >= 0.6 is 22.6 Å². The molecule has 0 bridgehead atoms. The fourth-order valence-electron chi connectivity index (χ4n) is 2.32. The number of aromatic hydroxyl groups is 1. The molecular weight excluding hydrogens is 470 g/mol. The molecule has 3 N–H and O–H groups in total. The minimum atomic E-state index is -0.810. The number of aromatic nitrogens is 2. The molecule has 0 saturated carbocycles. The summed E-state index contributed by atoms with van der Waals surface area (Å²) in [6.07, 6.45) is 0. The van der Waals surface area contributed by atoms with E-state index in [0.29, 0.717) is 10.1 Å². The summed E-state index contributed by atoms with van der Waals surface area (Å²) in [6.45, 7) is 0.335. The smallest absolute Gasteiger partial charge is 0.293 e. The zero-order chi connectivity index (χ0) is 20.0. The summed E-state index contributed by atoms with van der Waals surface area (Å²) in [6, 6.07) is 5.20. The Labute approximate surface area is 168 Å². The molecule has 1 aromatic carbocycles. The fourth-order valence-corrected chi connectivity index (χ4v) is 2.80. The average Bonchev–Trinajstić information content (AvgIpc) is 2.67. The highest BCUT2D eigenvalue weighted by Gasteiger charge is 2.24. The third-order valence-corrected chi connectivity index (χ3v) is 4.93. The van der Waals surface area contributed by atoms with Gasteiger partial charge in [0.1, 0.15) is 11.6 Å². The van der Waals surface area contributed by atoms with Crippen LogP contribution in [0.1, 0.15) is 27.9 Å². The van der Waals surface area contributed by atoms with Gasteiger partial charge in [-0.1, -0.05) is 34.7 Å². The zero-order valence-electron chi connectivity index (χ0n) is 14.8. The highest BCUT2D eigenvalue weighted by molar-refractivity contribution is 14.1. The Balaban J connectivity index is 2.26. The van der Waals surface area contributed by atoms with Crippen LogP contribution in [0.15, 0.2) is 29.1 Å². The van der Waals surface area contributed by atoms with Crippen molar-refractivity contribution < 1.29 is 19.0 Å². The Morgan fingerprint density at radius 2 is 2.11 bits per heavy atom. The van der Waals surface area contributed by atoms with Crippen LogP contribution in [0.5, 0.6) is 5.75 Å². The zero-order valence-corrected chi connectivity index (χ0v) is 17.0. The van der Waals surface area contributed by atoms with Crippen molar-refractivity contribution in [1.82, 2.24) is 20.2 Å². The molecule has 1 aromatic heterocycles. The molecular formula is C17H20FIN4O4. The highest BCUT2D eigenvalue weighted by atomic mass is 127. The predicted molar refractivity (Wildman–Crippen MR) is 105 cm³/mol. The Morgan fingerprint density at radius 1 is 1.44 bits per heavy atom. The molecule has 1 amide bonds. The number of alkyl halides is 1. The number of nitrogens with zero attached hydrogens (tertiary/aromatic N) is 2. The maximum atomic E-state index is 12.9. The molecule has 2 aromatic rings. The summed E-state index contributed by atoms with van der Waals surface area (Å²) in [7, 11) is 3.33. The van der Waals surface area contributed by atoms with E-state index >= 15 is 0 Å². The number of hydrogen-bond acceptors (Lipinski definition) is 6. The van der Waals surface area contributed by atoms with E-state index in [1.54, 1.807) is 0 Å². The van der Waals surface area contributed by atoms with Gasteiger partial charge in [0, 0.05) is 13.7 Å². The van der Waals surface area contributed by atoms with E-state index in [2.05, 4.69) is 37.9 Å². The second-order valence-electron chi connectivity index (χ2n) is 5.81. The Kier molecular flexibility index (Phi) is 7.68. The van der Waals surface area contributed by atoms with E-state index < -0.39 is 23.3 Å². The van der Waals surface area contributed by atoms with Crippen molar-refractivity contribution in [1.29, 1.82) is 0 Å². The summed E-state index contributed by atoms with van der Waals surface area (Å²) >= 11 is 2.15. The number of rotatable bonds is 8. The van der Waals surface area contributed by atoms with E-state index in [0.717, 1.165) is 0 Å². The van der Waals surface area contributed by atoms with Gasteiger partial charge in [0.25, 0.3) is 11.5 Å². The molecule has 1 heterocycles. The molecule has 0 aliphatic heterocycles. The molecule has 1 unspecified atom stereocenters. The van der Waals surface area contributed by atoms with Gasteiger partial charge in [-0.15, -0.1) is 0 Å². The van der Waals surface area contributed by atoms with Crippen LogP contribution in [0.3, 0.4) is 0 Å². The Hall–Kier alpha value is -2.05. The van der Waals surface area contributed by atoms with Crippen molar-refractivity contribution >= 4 is 28.5 Å². The summed E-state index contributed by atoms with van der Waals surface area (Å²) in [4.78, 5) is 33.0. The number of aromatic amines is 1. The van der Waals surface area contributed by atoms with Crippen molar-refractivity contribution in [3.05, 3.63) is 57.5 Å². The van der Waals surface area contributed by atoms with Gasteiger partial charge in [0.15, 0.2) is 5.69 Å². The lowest BCUT2D eigenvalue weighted by Gasteiger charge is -2.24. The second kappa shape index (κ2) is 9.76. The summed E-state index contributed by atoms with van der Waals surface area (Å²) < 4.78 is 18.7. The third kappa shape index (κ3) is 5.47. The van der Waals surface area contributed by atoms with Crippen molar-refractivity contribution in [2.24, 2.45) is 0 Å². The van der Waals surface area contributed by atoms with Gasteiger partial charge in [-0.25, -0.2) is 9.37 Å². The van der Waals surface area contributed by atoms with Crippen LogP contribution in [0.25, 0.3) is 0 Å². The molecule has 8 nitrogen and oxygen atoms in total. The molecule has 0 radical (unpaired) electrons. The van der Waals surface area contributed by atoms with Crippen molar-refractivity contribution in [2.75, 3.05) is 25.3 Å². The Bertz CT molecular complexity index is 844. The molecule has 2 rings (SSSR count). The molecule has 0 spiro atoms. The van der Waals surface area contributed by atoms with Gasteiger partial charge in [0.05, 0.1) is 17.2 Å². The number of likely N-dealkylation sites (N-methyl/N-ethyl adjacent to an activating group) is 1. The van der Waals surface area contributed by atoms with Gasteiger partial charge in [0.2, 0.25) is 5.75 Å². The third-order valence-electron chi connectivity index (χ3n) is 3.86. The first-order chi connectivity index (χ1) is 12.9. The standard InChI is InChI=1S/C17H20FIN4O4/c1-23(9-19)12(8-27-2)15-21-13(14(24)17(26)22-15)16(25)20-7-10-3-5-11(18)6-4-10/h3-6,12,24H,7-9H2,1-2H3,(H,20,25)(H,21,22,26). The number of nitrogens with one attached hydrogen (secondary N) is 2. The maximum absolute atomic E-state index is 12.9. The highest BCUT2D eigenvalue weighted by Crippen LogP contribution is 2.19. The lowest BCUT2D eigenvalue weighted by atomic mass is 10.2. The molecule has 146 valence electrons. The number of methoxy groups -OCH3 is 1. The van der Waals surface area contributed by atoms with Gasteiger partial charge in [-0.2, -0.15) is 0 Å². The number of ether oxygens (including phenoxy) is 1. The minimum Gasteiger partial charge on any atom is -0.501 e. The van der Waals surface area contributed by atoms with E-state index in [9.17, 15) is 19.1 Å². The molecule has 10 heteroatoms. The predicted octanol–water partition coefficient (Wildman–Crippen LogP) is 1.56. The first-order valence-electron chi connectivity index (χ1n) is 7.98. The maximum Gasteiger partial charge on any atom is 0.293 e.